The molecule has 0 radical (unpaired) electrons. The fraction of sp³-hybridized carbons (Fsp3) is 0.217. The van der Waals surface area contributed by atoms with Gasteiger partial charge in [0.15, 0.2) is 5.92 Å². The van der Waals surface area contributed by atoms with E-state index in [0.717, 1.165) is 24.1 Å². The molecule has 0 heterocycles. The Kier molecular flexibility index (Phi) is 5.64. The van der Waals surface area contributed by atoms with Gasteiger partial charge in [0.2, 0.25) is 5.91 Å². The first kappa shape index (κ1) is 20.5. The highest BCUT2D eigenvalue weighted by Gasteiger charge is 2.51. The lowest BCUT2D eigenvalue weighted by molar-refractivity contribution is -0.179. The lowest BCUT2D eigenvalue weighted by Gasteiger charge is -2.32. The van der Waals surface area contributed by atoms with E-state index < -0.39 is 29.5 Å². The number of nitrogens with one attached hydrogen (secondary N) is 1. The van der Waals surface area contributed by atoms with Gasteiger partial charge in [0.25, 0.3) is 5.85 Å². The summed E-state index contributed by atoms with van der Waals surface area (Å²) >= 11 is 0. The molecule has 4 nitrogen and oxygen atoms in total. The van der Waals surface area contributed by atoms with Gasteiger partial charge in [-0.25, -0.2) is 4.39 Å². The van der Waals surface area contributed by atoms with Crippen molar-refractivity contribution < 1.29 is 23.1 Å². The predicted octanol–water partition coefficient (Wildman–Crippen LogP) is 5.04. The number of ether oxygens (including phenoxy) is 1. The minimum Gasteiger partial charge on any atom is -0.424 e. The second-order valence-corrected chi connectivity index (χ2v) is 6.99. The third-order valence-electron chi connectivity index (χ3n) is 4.68. The Morgan fingerprint density at radius 1 is 1.10 bits per heavy atom. The van der Waals surface area contributed by atoms with Gasteiger partial charge < -0.3 is 10.1 Å². The maximum atomic E-state index is 15.5. The molecule has 0 spiro atoms. The number of anilines is 1. The monoisotopic (exact) mass is 397 g/mol. The van der Waals surface area contributed by atoms with Gasteiger partial charge in [0.1, 0.15) is 5.83 Å². The number of allylic oxidation sites excluding steroid dienone is 2. The quantitative estimate of drug-likeness (QED) is 0.736. The molecule has 1 aliphatic rings. The Morgan fingerprint density at radius 2 is 1.79 bits per heavy atom. The van der Waals surface area contributed by atoms with Crippen molar-refractivity contribution in [1.82, 2.24) is 0 Å². The van der Waals surface area contributed by atoms with Crippen molar-refractivity contribution >= 4 is 23.1 Å². The fourth-order valence-electron chi connectivity index (χ4n) is 3.24. The molecular formula is C23H21F2NO3. The third kappa shape index (κ3) is 4.26. The van der Waals surface area contributed by atoms with Crippen molar-refractivity contribution in [1.29, 1.82) is 0 Å². The van der Waals surface area contributed by atoms with Crippen LogP contribution in [0.5, 0.6) is 0 Å². The number of aryl methyl sites for hydroxylation is 2. The van der Waals surface area contributed by atoms with Crippen molar-refractivity contribution in [3.63, 3.8) is 0 Å². The zero-order chi connectivity index (χ0) is 21.2. The van der Waals surface area contributed by atoms with Gasteiger partial charge in [-0.15, -0.1) is 0 Å². The second-order valence-electron chi connectivity index (χ2n) is 6.99. The average molecular weight is 397 g/mol. The largest absolute Gasteiger partial charge is 0.424 e. The minimum atomic E-state index is -2.93. The molecule has 6 heteroatoms. The molecule has 2 aromatic carbocycles. The molecule has 0 aromatic heterocycles. The predicted molar refractivity (Wildman–Crippen MR) is 107 cm³/mol. The number of carbonyl (C=O) groups excluding carboxylic acids is 2. The van der Waals surface area contributed by atoms with Crippen LogP contribution >= 0.6 is 0 Å². The number of halogens is 2. The first-order valence-electron chi connectivity index (χ1n) is 9.12. The van der Waals surface area contributed by atoms with Gasteiger partial charge in [-0.3, -0.25) is 9.59 Å². The van der Waals surface area contributed by atoms with Gasteiger partial charge >= 0.3 is 5.97 Å². The van der Waals surface area contributed by atoms with Crippen molar-refractivity contribution in [2.45, 2.75) is 26.6 Å². The van der Waals surface area contributed by atoms with Gasteiger partial charge in [0.05, 0.1) is 0 Å². The SMILES string of the molecule is CC(=O)OC1(F)C=CC(c2ccccc2)=C(F)C1C(=O)Nc1cc(C)ccc1C. The van der Waals surface area contributed by atoms with Gasteiger partial charge in [0, 0.05) is 18.2 Å². The molecule has 1 N–H and O–H groups in total. The molecule has 2 atom stereocenters. The highest BCUT2D eigenvalue weighted by Crippen LogP contribution is 2.42. The van der Waals surface area contributed by atoms with Crippen LogP contribution in [0.15, 0.2) is 66.5 Å². The smallest absolute Gasteiger partial charge is 0.305 e. The van der Waals surface area contributed by atoms with Gasteiger partial charge in [-0.05, 0) is 48.8 Å². The number of alkyl halides is 1. The number of amides is 1. The van der Waals surface area contributed by atoms with Crippen LogP contribution in [0, 0.1) is 19.8 Å². The molecule has 1 amide bonds. The van der Waals surface area contributed by atoms with Crippen LogP contribution in [0.2, 0.25) is 0 Å². The topological polar surface area (TPSA) is 55.4 Å². The Labute approximate surface area is 167 Å². The first-order valence-corrected chi connectivity index (χ1v) is 9.12. The summed E-state index contributed by atoms with van der Waals surface area (Å²) in [6.07, 6.45) is 2.10. The van der Waals surface area contributed by atoms with Crippen molar-refractivity contribution in [2.75, 3.05) is 5.32 Å². The Morgan fingerprint density at radius 3 is 2.45 bits per heavy atom. The van der Waals surface area contributed by atoms with E-state index >= 15 is 8.78 Å². The molecule has 0 saturated carbocycles. The van der Waals surface area contributed by atoms with E-state index in [1.54, 1.807) is 49.4 Å². The first-order chi connectivity index (χ1) is 13.7. The third-order valence-corrected chi connectivity index (χ3v) is 4.68. The van der Waals surface area contributed by atoms with Gasteiger partial charge in [-0.1, -0.05) is 42.5 Å². The van der Waals surface area contributed by atoms with Crippen LogP contribution in [-0.2, 0) is 14.3 Å². The lowest BCUT2D eigenvalue weighted by atomic mass is 9.86. The average Bonchev–Trinajstić information content (AvgIpc) is 2.64. The summed E-state index contributed by atoms with van der Waals surface area (Å²) < 4.78 is 35.6. The van der Waals surface area contributed by atoms with E-state index in [0.29, 0.717) is 11.3 Å². The van der Waals surface area contributed by atoms with E-state index in [2.05, 4.69) is 5.32 Å². The maximum absolute atomic E-state index is 15.5. The maximum Gasteiger partial charge on any atom is 0.305 e. The Hall–Kier alpha value is -3.28. The Bertz CT molecular complexity index is 1010. The number of esters is 1. The lowest BCUT2D eigenvalue weighted by Crippen LogP contribution is -2.45. The summed E-state index contributed by atoms with van der Waals surface area (Å²) in [4.78, 5) is 24.4. The summed E-state index contributed by atoms with van der Waals surface area (Å²) in [5.74, 6) is -7.83. The van der Waals surface area contributed by atoms with Crippen LogP contribution in [0.25, 0.3) is 5.57 Å². The number of hydrogen-bond acceptors (Lipinski definition) is 3. The zero-order valence-electron chi connectivity index (χ0n) is 16.3. The zero-order valence-corrected chi connectivity index (χ0v) is 16.3. The van der Waals surface area contributed by atoms with E-state index in [1.165, 1.54) is 6.08 Å². The van der Waals surface area contributed by atoms with E-state index in [-0.39, 0.29) is 5.57 Å². The summed E-state index contributed by atoms with van der Waals surface area (Å²) in [5, 5.41) is 2.57. The molecule has 2 aromatic rings. The molecule has 0 saturated heterocycles. The van der Waals surface area contributed by atoms with Crippen LogP contribution < -0.4 is 5.32 Å². The van der Waals surface area contributed by atoms with Crippen LogP contribution in [0.3, 0.4) is 0 Å². The molecule has 0 bridgehead atoms. The molecule has 1 aliphatic carbocycles. The van der Waals surface area contributed by atoms with Crippen LogP contribution in [-0.4, -0.2) is 17.7 Å². The van der Waals surface area contributed by atoms with E-state index in [1.807, 2.05) is 13.0 Å². The molecular weight excluding hydrogens is 376 g/mol. The van der Waals surface area contributed by atoms with Crippen molar-refractivity contribution in [2.24, 2.45) is 5.92 Å². The number of rotatable bonds is 4. The number of benzene rings is 2. The summed E-state index contributed by atoms with van der Waals surface area (Å²) in [7, 11) is 0. The van der Waals surface area contributed by atoms with Crippen LogP contribution in [0.4, 0.5) is 14.5 Å². The molecule has 0 fully saturated rings. The second kappa shape index (κ2) is 7.99. The Balaban J connectivity index is 2.04. The van der Waals surface area contributed by atoms with Crippen molar-refractivity contribution in [3.8, 4) is 0 Å². The molecule has 150 valence electrons. The molecule has 29 heavy (non-hydrogen) atoms. The van der Waals surface area contributed by atoms with Gasteiger partial charge in [-0.2, -0.15) is 4.39 Å². The normalized spacial score (nSPS) is 21.1. The molecule has 3 rings (SSSR count). The highest BCUT2D eigenvalue weighted by molar-refractivity contribution is 5.98. The number of carbonyl (C=O) groups is 2. The standard InChI is InChI=1S/C23H21F2NO3/c1-14-9-10-15(2)19(13-14)26-22(28)20-21(24)18(17-7-5-4-6-8-17)11-12-23(20,25)29-16(3)27/h4-13,20H,1-3H3,(H,26,28). The highest BCUT2D eigenvalue weighted by atomic mass is 19.2. The van der Waals surface area contributed by atoms with E-state index in [4.69, 9.17) is 4.74 Å². The summed E-state index contributed by atoms with van der Waals surface area (Å²) in [6, 6.07) is 13.8. The van der Waals surface area contributed by atoms with E-state index in [9.17, 15) is 9.59 Å². The minimum absolute atomic E-state index is 0.0622. The number of hydrogen-bond donors (Lipinski definition) is 1. The van der Waals surface area contributed by atoms with Crippen LogP contribution in [0.1, 0.15) is 23.6 Å². The van der Waals surface area contributed by atoms with Crippen molar-refractivity contribution in [3.05, 3.63) is 83.2 Å². The fourth-order valence-corrected chi connectivity index (χ4v) is 3.24. The summed E-state index contributed by atoms with van der Waals surface area (Å²) in [6.45, 7) is 4.61. The molecule has 0 aliphatic heterocycles. The summed E-state index contributed by atoms with van der Waals surface area (Å²) in [5.41, 5.74) is 2.59. The molecule has 2 unspecified atom stereocenters.